The number of hydrogen-bond donors (Lipinski definition) is 1. The van der Waals surface area contributed by atoms with Crippen molar-refractivity contribution in [3.05, 3.63) is 23.0 Å². The smallest absolute Gasteiger partial charge is 0.311 e. The highest BCUT2D eigenvalue weighted by atomic mass is 16.5. The van der Waals surface area contributed by atoms with Crippen LogP contribution in [0.5, 0.6) is 5.75 Å². The number of aryl methyl sites for hydroxylation is 1. The Morgan fingerprint density at radius 1 is 0.587 bits per heavy atom. The minimum atomic E-state index is -0.303. The molecule has 0 atom stereocenters. The van der Waals surface area contributed by atoms with E-state index >= 15 is 0 Å². The number of carbonyl (C=O) groups is 2. The van der Waals surface area contributed by atoms with Crippen LogP contribution in [0, 0.1) is 6.92 Å². The topological polar surface area (TPSA) is 85.7 Å². The number of unbranched alkanes of at least 4 members (excludes halogenated alkanes) is 24. The van der Waals surface area contributed by atoms with Crippen LogP contribution < -0.4 is 4.74 Å². The van der Waals surface area contributed by atoms with Gasteiger partial charge in [-0.15, -0.1) is 0 Å². The van der Waals surface area contributed by atoms with Gasteiger partial charge in [0, 0.05) is 30.2 Å². The minimum absolute atomic E-state index is 0.0299. The SMILES string of the molecule is CCCCCCCCCCCCCCCC(=O)OCc1c(CO)cnc(C)c1OC(=O)CCCCCCCCCCCCCCC. The summed E-state index contributed by atoms with van der Waals surface area (Å²) in [5.41, 5.74) is 1.61. The number of carbonyl (C=O) groups excluding carboxylic acids is 2. The first kappa shape index (κ1) is 42.1. The molecule has 0 radical (unpaired) electrons. The van der Waals surface area contributed by atoms with E-state index in [2.05, 4.69) is 18.8 Å². The van der Waals surface area contributed by atoms with Crippen LogP contribution in [0.4, 0.5) is 0 Å². The maximum atomic E-state index is 12.7. The molecule has 0 aromatic carbocycles. The Morgan fingerprint density at radius 3 is 1.35 bits per heavy atom. The maximum Gasteiger partial charge on any atom is 0.311 e. The highest BCUT2D eigenvalue weighted by Gasteiger charge is 2.18. The second kappa shape index (κ2) is 30.4. The number of rotatable bonds is 32. The molecule has 1 N–H and O–H groups in total. The van der Waals surface area contributed by atoms with E-state index in [9.17, 15) is 14.7 Å². The van der Waals surface area contributed by atoms with Crippen LogP contribution in [0.25, 0.3) is 0 Å². The van der Waals surface area contributed by atoms with Gasteiger partial charge in [-0.1, -0.05) is 168 Å². The highest BCUT2D eigenvalue weighted by Crippen LogP contribution is 2.27. The second-order valence-electron chi connectivity index (χ2n) is 13.5. The summed E-state index contributed by atoms with van der Waals surface area (Å²) in [7, 11) is 0. The van der Waals surface area contributed by atoms with Gasteiger partial charge < -0.3 is 14.6 Å². The quantitative estimate of drug-likeness (QED) is 0.0620. The number of esters is 2. The lowest BCUT2D eigenvalue weighted by Gasteiger charge is -2.16. The van der Waals surface area contributed by atoms with Crippen molar-refractivity contribution in [3.8, 4) is 5.75 Å². The molecule has 1 heterocycles. The van der Waals surface area contributed by atoms with Crippen molar-refractivity contribution in [1.29, 1.82) is 0 Å². The molecule has 0 amide bonds. The van der Waals surface area contributed by atoms with Gasteiger partial charge in [0.2, 0.25) is 0 Å². The number of hydrogen-bond acceptors (Lipinski definition) is 6. The summed E-state index contributed by atoms with van der Waals surface area (Å²) in [6.45, 7) is 6.00. The molecule has 0 aliphatic heterocycles. The Hall–Kier alpha value is -1.95. The van der Waals surface area contributed by atoms with E-state index in [4.69, 9.17) is 9.47 Å². The van der Waals surface area contributed by atoms with E-state index in [1.165, 1.54) is 128 Å². The Labute approximate surface area is 283 Å². The molecule has 266 valence electrons. The molecule has 6 heteroatoms. The fraction of sp³-hybridized carbons (Fsp3) is 0.825. The molecule has 0 spiro atoms. The van der Waals surface area contributed by atoms with E-state index in [0.29, 0.717) is 35.4 Å². The van der Waals surface area contributed by atoms with Crippen LogP contribution in [0.1, 0.15) is 210 Å². The molecule has 0 aliphatic rings. The van der Waals surface area contributed by atoms with E-state index in [0.717, 1.165) is 38.5 Å². The monoisotopic (exact) mass is 646 g/mol. The Balaban J connectivity index is 2.24. The largest absolute Gasteiger partial charge is 0.461 e. The van der Waals surface area contributed by atoms with Gasteiger partial charge in [-0.25, -0.2) is 0 Å². The fourth-order valence-corrected chi connectivity index (χ4v) is 6.07. The Bertz CT molecular complexity index is 887. The van der Waals surface area contributed by atoms with Crippen LogP contribution in [0.2, 0.25) is 0 Å². The second-order valence-corrected chi connectivity index (χ2v) is 13.5. The lowest BCUT2D eigenvalue weighted by Crippen LogP contribution is -2.14. The van der Waals surface area contributed by atoms with Crippen LogP contribution >= 0.6 is 0 Å². The zero-order valence-electron chi connectivity index (χ0n) is 30.3. The molecule has 0 aliphatic carbocycles. The average Bonchev–Trinajstić information content (AvgIpc) is 3.05. The number of aliphatic hydroxyl groups excluding tert-OH is 1. The third kappa shape index (κ3) is 22.6. The molecule has 0 saturated heterocycles. The molecular weight excluding hydrogens is 574 g/mol. The van der Waals surface area contributed by atoms with Gasteiger partial charge in [0.05, 0.1) is 12.3 Å². The van der Waals surface area contributed by atoms with Gasteiger partial charge in [0.25, 0.3) is 0 Å². The van der Waals surface area contributed by atoms with Crippen LogP contribution in [-0.4, -0.2) is 22.0 Å². The van der Waals surface area contributed by atoms with Gasteiger partial charge in [-0.3, -0.25) is 14.6 Å². The summed E-state index contributed by atoms with van der Waals surface area (Å²) in [6.07, 6.45) is 35.0. The molecular formula is C40H71NO5. The molecule has 0 bridgehead atoms. The first-order chi connectivity index (χ1) is 22.5. The van der Waals surface area contributed by atoms with Gasteiger partial charge in [-0.05, 0) is 19.8 Å². The normalized spacial score (nSPS) is 11.2. The lowest BCUT2D eigenvalue weighted by molar-refractivity contribution is -0.145. The number of aliphatic hydroxyl groups is 1. The first-order valence-corrected chi connectivity index (χ1v) is 19.5. The summed E-state index contributed by atoms with van der Waals surface area (Å²) < 4.78 is 11.3. The number of ether oxygens (including phenoxy) is 2. The third-order valence-electron chi connectivity index (χ3n) is 9.14. The molecule has 46 heavy (non-hydrogen) atoms. The third-order valence-corrected chi connectivity index (χ3v) is 9.14. The molecule has 0 saturated carbocycles. The number of nitrogens with zero attached hydrogens (tertiary/aromatic N) is 1. The van der Waals surface area contributed by atoms with Crippen LogP contribution in [0.3, 0.4) is 0 Å². The van der Waals surface area contributed by atoms with Crippen molar-refractivity contribution in [2.45, 2.75) is 214 Å². The van der Waals surface area contributed by atoms with Gasteiger partial charge in [-0.2, -0.15) is 0 Å². The summed E-state index contributed by atoms with van der Waals surface area (Å²) in [4.78, 5) is 29.5. The van der Waals surface area contributed by atoms with E-state index in [1.54, 1.807) is 13.1 Å². The summed E-state index contributed by atoms with van der Waals surface area (Å²) in [5.74, 6) is -0.242. The predicted molar refractivity (Wildman–Crippen MR) is 191 cm³/mol. The average molecular weight is 646 g/mol. The predicted octanol–water partition coefficient (Wildman–Crippen LogP) is 11.8. The standard InChI is InChI=1S/C40H71NO5/c1-4-6-8-10-12-14-16-18-20-22-24-26-28-30-38(43)45-34-37-36(33-42)32-41-35(3)40(37)46-39(44)31-29-27-25-23-21-19-17-15-13-11-9-7-5-2/h32,42H,4-31,33-34H2,1-3H3. The van der Waals surface area contributed by atoms with Gasteiger partial charge in [0.15, 0.2) is 5.75 Å². The maximum absolute atomic E-state index is 12.7. The molecule has 1 rings (SSSR count). The van der Waals surface area contributed by atoms with Gasteiger partial charge in [0.1, 0.15) is 6.61 Å². The molecule has 0 unspecified atom stereocenters. The highest BCUT2D eigenvalue weighted by molar-refractivity contribution is 5.73. The van der Waals surface area contributed by atoms with Crippen LogP contribution in [0.15, 0.2) is 6.20 Å². The Kier molecular flexibility index (Phi) is 27.8. The summed E-state index contributed by atoms with van der Waals surface area (Å²) in [5, 5.41) is 9.88. The lowest BCUT2D eigenvalue weighted by atomic mass is 10.0. The van der Waals surface area contributed by atoms with E-state index < -0.39 is 0 Å². The van der Waals surface area contributed by atoms with Gasteiger partial charge >= 0.3 is 11.9 Å². The zero-order chi connectivity index (χ0) is 33.5. The fourth-order valence-electron chi connectivity index (χ4n) is 6.07. The Morgan fingerprint density at radius 2 is 0.957 bits per heavy atom. The van der Waals surface area contributed by atoms with Crippen molar-refractivity contribution in [2.75, 3.05) is 0 Å². The molecule has 6 nitrogen and oxygen atoms in total. The van der Waals surface area contributed by atoms with E-state index in [-0.39, 0.29) is 25.2 Å². The molecule has 1 aromatic heterocycles. The number of pyridine rings is 1. The van der Waals surface area contributed by atoms with Crippen LogP contribution in [-0.2, 0) is 27.5 Å². The number of aromatic nitrogens is 1. The first-order valence-electron chi connectivity index (χ1n) is 19.5. The zero-order valence-corrected chi connectivity index (χ0v) is 30.3. The van der Waals surface area contributed by atoms with Crippen molar-refractivity contribution in [2.24, 2.45) is 0 Å². The molecule has 0 fully saturated rings. The minimum Gasteiger partial charge on any atom is -0.461 e. The van der Waals surface area contributed by atoms with E-state index in [1.807, 2.05) is 0 Å². The molecule has 1 aromatic rings. The summed E-state index contributed by atoms with van der Waals surface area (Å²) in [6, 6.07) is 0. The van der Waals surface area contributed by atoms with Crippen molar-refractivity contribution in [3.63, 3.8) is 0 Å². The van der Waals surface area contributed by atoms with Crippen molar-refractivity contribution >= 4 is 11.9 Å². The van der Waals surface area contributed by atoms with Crippen molar-refractivity contribution < 1.29 is 24.2 Å². The summed E-state index contributed by atoms with van der Waals surface area (Å²) >= 11 is 0. The van der Waals surface area contributed by atoms with Crippen molar-refractivity contribution in [1.82, 2.24) is 4.98 Å².